The number of ether oxygens (including phenoxy) is 1. The lowest BCUT2D eigenvalue weighted by Gasteiger charge is -2.26. The van der Waals surface area contributed by atoms with Gasteiger partial charge in [0.05, 0.1) is 0 Å². The van der Waals surface area contributed by atoms with Crippen molar-refractivity contribution in [2.24, 2.45) is 10.9 Å². The molecule has 6 nitrogen and oxygen atoms in total. The Hall–Kier alpha value is -1.62. The molecule has 1 aromatic carbocycles. The standard InChI is InChI=1S/C12H15N3O3S/c13-8-9-10(18-12(14)6-1-2-7-12)4-3-5-11(9)19(15,16)17/h3-5H,1-2,6-7,14H2,(H2,15,16,17). The molecule has 1 aliphatic rings. The zero-order chi connectivity index (χ0) is 14.1. The Morgan fingerprint density at radius 2 is 1.95 bits per heavy atom. The van der Waals surface area contributed by atoms with Crippen molar-refractivity contribution in [1.29, 1.82) is 5.26 Å². The summed E-state index contributed by atoms with van der Waals surface area (Å²) in [5, 5.41) is 14.2. The number of benzene rings is 1. The van der Waals surface area contributed by atoms with Crippen LogP contribution in [0.1, 0.15) is 31.2 Å². The average molecular weight is 281 g/mol. The first kappa shape index (κ1) is 13.8. The van der Waals surface area contributed by atoms with Crippen LogP contribution in [0, 0.1) is 11.3 Å². The van der Waals surface area contributed by atoms with Crippen molar-refractivity contribution in [2.45, 2.75) is 36.3 Å². The zero-order valence-corrected chi connectivity index (χ0v) is 11.1. The first-order valence-electron chi connectivity index (χ1n) is 5.89. The van der Waals surface area contributed by atoms with Crippen LogP contribution >= 0.6 is 0 Å². The van der Waals surface area contributed by atoms with E-state index in [4.69, 9.17) is 20.9 Å². The van der Waals surface area contributed by atoms with Crippen molar-refractivity contribution in [1.82, 2.24) is 0 Å². The first-order valence-corrected chi connectivity index (χ1v) is 7.44. The van der Waals surface area contributed by atoms with E-state index in [2.05, 4.69) is 0 Å². The molecule has 0 aliphatic heterocycles. The van der Waals surface area contributed by atoms with Gasteiger partial charge in [-0.25, -0.2) is 13.6 Å². The largest absolute Gasteiger partial charge is 0.472 e. The molecule has 19 heavy (non-hydrogen) atoms. The summed E-state index contributed by atoms with van der Waals surface area (Å²) in [5.41, 5.74) is 5.14. The number of nitrogens with two attached hydrogens (primary N) is 2. The second-order valence-electron chi connectivity index (χ2n) is 4.66. The monoisotopic (exact) mass is 281 g/mol. The lowest BCUT2D eigenvalue weighted by molar-refractivity contribution is 0.0828. The van der Waals surface area contributed by atoms with Crippen molar-refractivity contribution in [2.75, 3.05) is 0 Å². The van der Waals surface area contributed by atoms with Crippen LogP contribution in [0.15, 0.2) is 23.1 Å². The smallest absolute Gasteiger partial charge is 0.239 e. The van der Waals surface area contributed by atoms with Gasteiger partial charge in [0.2, 0.25) is 10.0 Å². The summed E-state index contributed by atoms with van der Waals surface area (Å²) in [6, 6.07) is 6.11. The van der Waals surface area contributed by atoms with E-state index >= 15 is 0 Å². The summed E-state index contributed by atoms with van der Waals surface area (Å²) in [6.45, 7) is 0. The molecule has 0 radical (unpaired) electrons. The molecule has 0 heterocycles. The minimum atomic E-state index is -3.96. The Morgan fingerprint density at radius 1 is 1.32 bits per heavy atom. The van der Waals surface area contributed by atoms with E-state index in [1.165, 1.54) is 18.2 Å². The minimum absolute atomic E-state index is 0.0956. The summed E-state index contributed by atoms with van der Waals surface area (Å²) < 4.78 is 28.5. The highest BCUT2D eigenvalue weighted by Gasteiger charge is 2.33. The van der Waals surface area contributed by atoms with Gasteiger partial charge in [0.25, 0.3) is 0 Å². The van der Waals surface area contributed by atoms with Crippen molar-refractivity contribution < 1.29 is 13.2 Å². The van der Waals surface area contributed by atoms with E-state index < -0.39 is 15.7 Å². The van der Waals surface area contributed by atoms with Gasteiger partial charge in [-0.05, 0) is 25.0 Å². The van der Waals surface area contributed by atoms with Crippen LogP contribution in [0.5, 0.6) is 5.75 Å². The van der Waals surface area contributed by atoms with Gasteiger partial charge >= 0.3 is 0 Å². The maximum atomic E-state index is 11.4. The summed E-state index contributed by atoms with van der Waals surface area (Å²) in [7, 11) is -3.96. The number of rotatable bonds is 3. The van der Waals surface area contributed by atoms with Crippen molar-refractivity contribution in [3.05, 3.63) is 23.8 Å². The fourth-order valence-corrected chi connectivity index (χ4v) is 2.94. The van der Waals surface area contributed by atoms with Crippen LogP contribution in [0.25, 0.3) is 0 Å². The van der Waals surface area contributed by atoms with Crippen LogP contribution in [0.4, 0.5) is 0 Å². The molecule has 0 saturated heterocycles. The molecule has 7 heteroatoms. The molecule has 1 aliphatic carbocycles. The zero-order valence-electron chi connectivity index (χ0n) is 10.3. The van der Waals surface area contributed by atoms with Gasteiger partial charge in [-0.2, -0.15) is 5.26 Å². The maximum Gasteiger partial charge on any atom is 0.239 e. The third kappa shape index (κ3) is 2.87. The van der Waals surface area contributed by atoms with Crippen molar-refractivity contribution in [3.63, 3.8) is 0 Å². The van der Waals surface area contributed by atoms with E-state index in [-0.39, 0.29) is 16.2 Å². The number of nitrogens with zero attached hydrogens (tertiary/aromatic N) is 1. The minimum Gasteiger partial charge on any atom is -0.472 e. The molecule has 0 atom stereocenters. The van der Waals surface area contributed by atoms with E-state index in [0.717, 1.165) is 12.8 Å². The predicted octanol–water partition coefficient (Wildman–Crippen LogP) is 0.813. The van der Waals surface area contributed by atoms with Gasteiger partial charge in [0.1, 0.15) is 22.3 Å². The highest BCUT2D eigenvalue weighted by molar-refractivity contribution is 7.89. The Morgan fingerprint density at radius 3 is 2.47 bits per heavy atom. The fraction of sp³-hybridized carbons (Fsp3) is 0.417. The summed E-state index contributed by atoms with van der Waals surface area (Å²) >= 11 is 0. The van der Waals surface area contributed by atoms with Crippen LogP contribution in [0.3, 0.4) is 0 Å². The second kappa shape index (κ2) is 4.81. The molecule has 102 valence electrons. The van der Waals surface area contributed by atoms with Crippen molar-refractivity contribution >= 4 is 10.0 Å². The molecule has 2 rings (SSSR count). The highest BCUT2D eigenvalue weighted by Crippen LogP contribution is 2.33. The maximum absolute atomic E-state index is 11.4. The predicted molar refractivity (Wildman–Crippen MR) is 68.5 cm³/mol. The number of sulfonamides is 1. The van der Waals surface area contributed by atoms with Crippen LogP contribution < -0.4 is 15.6 Å². The van der Waals surface area contributed by atoms with Gasteiger partial charge in [-0.15, -0.1) is 0 Å². The van der Waals surface area contributed by atoms with E-state index in [9.17, 15) is 8.42 Å². The summed E-state index contributed by atoms with van der Waals surface area (Å²) in [5.74, 6) is 0.165. The molecular formula is C12H15N3O3S. The number of nitriles is 1. The van der Waals surface area contributed by atoms with Gasteiger partial charge < -0.3 is 4.74 Å². The van der Waals surface area contributed by atoms with Gasteiger partial charge in [0.15, 0.2) is 5.72 Å². The van der Waals surface area contributed by atoms with Gasteiger partial charge in [-0.1, -0.05) is 6.07 Å². The molecule has 0 bridgehead atoms. The molecule has 1 aromatic rings. The van der Waals surface area contributed by atoms with E-state index in [1.807, 2.05) is 6.07 Å². The molecule has 0 amide bonds. The van der Waals surface area contributed by atoms with Crippen molar-refractivity contribution in [3.8, 4) is 11.8 Å². The normalized spacial score (nSPS) is 17.9. The van der Waals surface area contributed by atoms with Gasteiger partial charge in [-0.3, -0.25) is 5.73 Å². The molecule has 1 fully saturated rings. The highest BCUT2D eigenvalue weighted by atomic mass is 32.2. The van der Waals surface area contributed by atoms with E-state index in [0.29, 0.717) is 12.8 Å². The third-order valence-corrected chi connectivity index (χ3v) is 4.12. The Balaban J connectivity index is 2.45. The fourth-order valence-electron chi connectivity index (χ4n) is 2.24. The Kier molecular flexibility index (Phi) is 3.49. The molecule has 1 saturated carbocycles. The molecule has 0 aromatic heterocycles. The Bertz CT molecular complexity index is 628. The lowest BCUT2D eigenvalue weighted by Crippen LogP contribution is -2.43. The molecule has 0 spiro atoms. The number of primary sulfonamides is 1. The first-order chi connectivity index (χ1) is 8.86. The second-order valence-corrected chi connectivity index (χ2v) is 6.19. The molecular weight excluding hydrogens is 266 g/mol. The Labute approximate surface area is 112 Å². The van der Waals surface area contributed by atoms with E-state index in [1.54, 1.807) is 0 Å². The SMILES string of the molecule is N#Cc1c(OC2(N)CCCC2)cccc1S(N)(=O)=O. The quantitative estimate of drug-likeness (QED) is 0.795. The lowest BCUT2D eigenvalue weighted by atomic mass is 10.1. The topological polar surface area (TPSA) is 119 Å². The number of hydrogen-bond acceptors (Lipinski definition) is 5. The summed E-state index contributed by atoms with van der Waals surface area (Å²) in [4.78, 5) is -0.242. The van der Waals surface area contributed by atoms with Crippen LogP contribution in [-0.2, 0) is 10.0 Å². The molecule has 0 unspecified atom stereocenters. The van der Waals surface area contributed by atoms with Crippen LogP contribution in [0.2, 0.25) is 0 Å². The number of hydrogen-bond donors (Lipinski definition) is 2. The summed E-state index contributed by atoms with van der Waals surface area (Å²) in [6.07, 6.45) is 3.26. The average Bonchev–Trinajstić information content (AvgIpc) is 2.74. The van der Waals surface area contributed by atoms with Crippen LogP contribution in [-0.4, -0.2) is 14.1 Å². The van der Waals surface area contributed by atoms with Gasteiger partial charge in [0, 0.05) is 12.8 Å². The molecule has 4 N–H and O–H groups in total. The third-order valence-electron chi connectivity index (χ3n) is 3.17.